The molecule has 2 rings (SSSR count). The van der Waals surface area contributed by atoms with Gasteiger partial charge in [0.1, 0.15) is 11.5 Å². The second-order valence-corrected chi connectivity index (χ2v) is 8.50. The molecular weight excluding hydrogens is 512 g/mol. The molecule has 2 aromatic carbocycles. The highest BCUT2D eigenvalue weighted by molar-refractivity contribution is 9.10. The summed E-state index contributed by atoms with van der Waals surface area (Å²) >= 11 is 6.79. The molecule has 0 radical (unpaired) electrons. The SMILES string of the molecule is Oc1ccc(Br)cc1CN=CCCNCCNCCC=NCc1cc(Br)ccc1O. The van der Waals surface area contributed by atoms with Crippen LogP contribution in [0.25, 0.3) is 0 Å². The fourth-order valence-corrected chi connectivity index (χ4v) is 3.45. The van der Waals surface area contributed by atoms with Gasteiger partial charge in [-0.1, -0.05) is 31.9 Å². The first-order chi connectivity index (χ1) is 14.6. The second-order valence-electron chi connectivity index (χ2n) is 6.67. The van der Waals surface area contributed by atoms with Crippen molar-refractivity contribution in [1.29, 1.82) is 0 Å². The van der Waals surface area contributed by atoms with Crippen LogP contribution in [0.5, 0.6) is 11.5 Å². The van der Waals surface area contributed by atoms with Crippen molar-refractivity contribution in [1.82, 2.24) is 10.6 Å². The minimum Gasteiger partial charge on any atom is -0.508 e. The summed E-state index contributed by atoms with van der Waals surface area (Å²) in [5.41, 5.74) is 1.63. The quantitative estimate of drug-likeness (QED) is 0.224. The third-order valence-corrected chi connectivity index (χ3v) is 5.23. The molecule has 0 amide bonds. The molecule has 0 aromatic heterocycles. The zero-order chi connectivity index (χ0) is 21.6. The molecule has 30 heavy (non-hydrogen) atoms. The maximum Gasteiger partial charge on any atom is 0.120 e. The summed E-state index contributed by atoms with van der Waals surface area (Å²) in [4.78, 5) is 8.71. The molecule has 162 valence electrons. The second kappa shape index (κ2) is 14.3. The molecule has 0 saturated heterocycles. The first kappa shape index (κ1) is 24.5. The van der Waals surface area contributed by atoms with E-state index in [0.717, 1.165) is 59.1 Å². The Kier molecular flexibility index (Phi) is 11.7. The van der Waals surface area contributed by atoms with Crippen molar-refractivity contribution in [2.75, 3.05) is 26.2 Å². The largest absolute Gasteiger partial charge is 0.508 e. The van der Waals surface area contributed by atoms with E-state index in [1.165, 1.54) is 0 Å². The van der Waals surface area contributed by atoms with Crippen molar-refractivity contribution < 1.29 is 10.2 Å². The highest BCUT2D eigenvalue weighted by atomic mass is 79.9. The topological polar surface area (TPSA) is 89.2 Å². The van der Waals surface area contributed by atoms with Crippen LogP contribution < -0.4 is 10.6 Å². The molecule has 0 spiro atoms. The first-order valence-electron chi connectivity index (χ1n) is 9.89. The summed E-state index contributed by atoms with van der Waals surface area (Å²) in [6, 6.07) is 10.7. The molecule has 8 heteroatoms. The lowest BCUT2D eigenvalue weighted by molar-refractivity contribution is 0.468. The van der Waals surface area contributed by atoms with Gasteiger partial charge in [0.05, 0.1) is 13.1 Å². The van der Waals surface area contributed by atoms with Crippen LogP contribution in [-0.2, 0) is 13.1 Å². The molecule has 6 nitrogen and oxygen atoms in total. The van der Waals surface area contributed by atoms with Crippen LogP contribution in [0.3, 0.4) is 0 Å². The van der Waals surface area contributed by atoms with Crippen LogP contribution in [-0.4, -0.2) is 48.8 Å². The minimum atomic E-state index is 0.274. The van der Waals surface area contributed by atoms with E-state index in [4.69, 9.17) is 0 Å². The van der Waals surface area contributed by atoms with Gasteiger partial charge >= 0.3 is 0 Å². The molecule has 0 unspecified atom stereocenters. The van der Waals surface area contributed by atoms with Gasteiger partial charge in [-0.05, 0) is 49.2 Å². The van der Waals surface area contributed by atoms with Gasteiger partial charge in [-0.2, -0.15) is 0 Å². The zero-order valence-electron chi connectivity index (χ0n) is 16.8. The summed E-state index contributed by atoms with van der Waals surface area (Å²) in [5, 5.41) is 26.3. The van der Waals surface area contributed by atoms with Gasteiger partial charge in [0.2, 0.25) is 0 Å². The molecule has 0 aliphatic rings. The van der Waals surface area contributed by atoms with E-state index in [1.807, 2.05) is 36.7 Å². The van der Waals surface area contributed by atoms with E-state index in [2.05, 4.69) is 52.5 Å². The van der Waals surface area contributed by atoms with Crippen molar-refractivity contribution in [2.24, 2.45) is 9.98 Å². The fraction of sp³-hybridized carbons (Fsp3) is 0.364. The van der Waals surface area contributed by atoms with Crippen LogP contribution in [0.1, 0.15) is 24.0 Å². The number of rotatable bonds is 13. The predicted molar refractivity (Wildman–Crippen MR) is 131 cm³/mol. The summed E-state index contributed by atoms with van der Waals surface area (Å²) in [5.74, 6) is 0.548. The average Bonchev–Trinajstić information content (AvgIpc) is 2.73. The third kappa shape index (κ3) is 9.84. The number of halogens is 2. The van der Waals surface area contributed by atoms with E-state index in [0.29, 0.717) is 13.1 Å². The maximum absolute atomic E-state index is 9.77. The van der Waals surface area contributed by atoms with Crippen molar-refractivity contribution in [2.45, 2.75) is 25.9 Å². The van der Waals surface area contributed by atoms with Crippen molar-refractivity contribution in [3.8, 4) is 11.5 Å². The van der Waals surface area contributed by atoms with E-state index in [9.17, 15) is 10.2 Å². The molecular formula is C22H28Br2N4O2. The predicted octanol–water partition coefficient (Wildman–Crippen LogP) is 4.42. The Morgan fingerprint density at radius 1 is 0.700 bits per heavy atom. The standard InChI is InChI=1S/C22H28Br2N4O2/c23-19-3-5-21(29)17(13-19)15-27-9-1-7-25-11-12-26-8-2-10-28-16-18-14-20(24)4-6-22(18)30/h3-6,9-10,13-14,25-26,29-30H,1-2,7-8,11-12,15-16H2. The first-order valence-corrected chi connectivity index (χ1v) is 11.5. The molecule has 0 aliphatic carbocycles. The maximum atomic E-state index is 9.77. The van der Waals surface area contributed by atoms with Crippen LogP contribution in [0.2, 0.25) is 0 Å². The Bertz CT molecular complexity index is 774. The third-order valence-electron chi connectivity index (χ3n) is 4.24. The number of benzene rings is 2. The van der Waals surface area contributed by atoms with Crippen molar-refractivity contribution >= 4 is 44.3 Å². The van der Waals surface area contributed by atoms with Crippen LogP contribution >= 0.6 is 31.9 Å². The smallest absolute Gasteiger partial charge is 0.120 e. The van der Waals surface area contributed by atoms with Gasteiger partial charge in [0.15, 0.2) is 0 Å². The van der Waals surface area contributed by atoms with Crippen molar-refractivity contribution in [3.63, 3.8) is 0 Å². The number of aromatic hydroxyl groups is 2. The summed E-state index contributed by atoms with van der Waals surface area (Å²) in [7, 11) is 0. The normalized spacial score (nSPS) is 11.7. The van der Waals surface area contributed by atoms with E-state index < -0.39 is 0 Å². The number of hydrogen-bond acceptors (Lipinski definition) is 6. The number of nitrogens with one attached hydrogen (secondary N) is 2. The Labute approximate surface area is 194 Å². The lowest BCUT2D eigenvalue weighted by Crippen LogP contribution is -2.28. The Hall–Kier alpha value is -1.74. The van der Waals surface area contributed by atoms with Crippen LogP contribution in [0, 0.1) is 0 Å². The minimum absolute atomic E-state index is 0.274. The van der Waals surface area contributed by atoms with E-state index >= 15 is 0 Å². The van der Waals surface area contributed by atoms with Crippen molar-refractivity contribution in [3.05, 3.63) is 56.5 Å². The van der Waals surface area contributed by atoms with Crippen LogP contribution in [0.15, 0.2) is 55.3 Å². The monoisotopic (exact) mass is 538 g/mol. The summed E-state index contributed by atoms with van der Waals surface area (Å²) in [6.45, 7) is 4.48. The molecule has 0 heterocycles. The number of aliphatic imine (C=N–C) groups is 2. The van der Waals surface area contributed by atoms with Gasteiger partial charge in [0, 0.05) is 58.7 Å². The average molecular weight is 540 g/mol. The number of phenolic OH excluding ortho intramolecular Hbond substituents is 2. The number of phenols is 2. The molecule has 2 aromatic rings. The Balaban J connectivity index is 1.44. The zero-order valence-corrected chi connectivity index (χ0v) is 20.0. The molecule has 4 N–H and O–H groups in total. The summed E-state index contributed by atoms with van der Waals surface area (Å²) in [6.07, 6.45) is 5.48. The molecule has 0 atom stereocenters. The highest BCUT2D eigenvalue weighted by Crippen LogP contribution is 2.23. The molecule has 0 aliphatic heterocycles. The van der Waals surface area contributed by atoms with E-state index in [1.54, 1.807) is 12.1 Å². The molecule has 0 fully saturated rings. The number of hydrogen-bond donors (Lipinski definition) is 4. The van der Waals surface area contributed by atoms with Gasteiger partial charge in [-0.25, -0.2) is 0 Å². The Morgan fingerprint density at radius 2 is 1.13 bits per heavy atom. The van der Waals surface area contributed by atoms with Gasteiger partial charge in [0.25, 0.3) is 0 Å². The number of nitrogens with zero attached hydrogens (tertiary/aromatic N) is 2. The molecule has 0 saturated carbocycles. The lowest BCUT2D eigenvalue weighted by Gasteiger charge is -2.04. The Morgan fingerprint density at radius 3 is 1.57 bits per heavy atom. The van der Waals surface area contributed by atoms with Gasteiger partial charge < -0.3 is 20.8 Å². The van der Waals surface area contributed by atoms with E-state index in [-0.39, 0.29) is 11.5 Å². The van der Waals surface area contributed by atoms with Gasteiger partial charge in [-0.15, -0.1) is 0 Å². The van der Waals surface area contributed by atoms with Crippen LogP contribution in [0.4, 0.5) is 0 Å². The lowest BCUT2D eigenvalue weighted by atomic mass is 10.2. The summed E-state index contributed by atoms with van der Waals surface area (Å²) < 4.78 is 1.88. The fourth-order valence-electron chi connectivity index (χ4n) is 2.63. The van der Waals surface area contributed by atoms with Gasteiger partial charge in [-0.3, -0.25) is 9.98 Å². The molecule has 0 bridgehead atoms. The highest BCUT2D eigenvalue weighted by Gasteiger charge is 2.00.